The van der Waals surface area contributed by atoms with E-state index in [4.69, 9.17) is 5.73 Å². The molecule has 76 valence electrons. The fourth-order valence-electron chi connectivity index (χ4n) is 0.740. The van der Waals surface area contributed by atoms with Gasteiger partial charge < -0.3 is 10.5 Å². The van der Waals surface area contributed by atoms with Gasteiger partial charge >= 0.3 is 6.36 Å². The quantitative estimate of drug-likeness (QED) is 0.742. The van der Waals surface area contributed by atoms with E-state index in [0.717, 1.165) is 12.3 Å². The van der Waals surface area contributed by atoms with E-state index < -0.39 is 12.1 Å². The maximum Gasteiger partial charge on any atom is 0.573 e. The van der Waals surface area contributed by atoms with E-state index in [1.807, 2.05) is 0 Å². The van der Waals surface area contributed by atoms with E-state index in [9.17, 15) is 18.0 Å². The second-order valence-corrected chi connectivity index (χ2v) is 2.31. The zero-order valence-electron chi connectivity index (χ0n) is 6.71. The van der Waals surface area contributed by atoms with Gasteiger partial charge in [-0.3, -0.25) is 9.78 Å². The number of hydrogen-bond donors (Lipinski definition) is 1. The smallest absolute Gasteiger partial charge is 0.403 e. The number of rotatable bonds is 2. The number of alkyl halides is 3. The highest BCUT2D eigenvalue weighted by atomic mass is 19.4. The molecule has 0 amide bonds. The van der Waals surface area contributed by atoms with Gasteiger partial charge in [0.25, 0.3) is 0 Å². The summed E-state index contributed by atoms with van der Waals surface area (Å²) in [4.78, 5) is 13.6. The molecule has 14 heavy (non-hydrogen) atoms. The molecule has 1 aromatic rings. The lowest BCUT2D eigenvalue weighted by Crippen LogP contribution is -2.18. The Labute approximate surface area is 76.5 Å². The Balaban J connectivity index is 3.01. The highest BCUT2D eigenvalue weighted by Gasteiger charge is 2.32. The summed E-state index contributed by atoms with van der Waals surface area (Å²) in [6.45, 7) is 0. The van der Waals surface area contributed by atoms with Gasteiger partial charge in [0.05, 0.1) is 11.9 Å². The Kier molecular flexibility index (Phi) is 2.59. The summed E-state index contributed by atoms with van der Waals surface area (Å²) >= 11 is 0. The molecule has 2 N–H and O–H groups in total. The van der Waals surface area contributed by atoms with Gasteiger partial charge in [-0.25, -0.2) is 0 Å². The van der Waals surface area contributed by atoms with Crippen molar-refractivity contribution >= 4 is 12.0 Å². The minimum Gasteiger partial charge on any atom is -0.403 e. The number of halogens is 3. The Morgan fingerprint density at radius 1 is 1.50 bits per heavy atom. The molecule has 1 aromatic heterocycles. The van der Waals surface area contributed by atoms with Gasteiger partial charge in [0.1, 0.15) is 5.69 Å². The molecular weight excluding hydrogens is 201 g/mol. The van der Waals surface area contributed by atoms with Gasteiger partial charge in [-0.2, -0.15) is 0 Å². The van der Waals surface area contributed by atoms with Gasteiger partial charge in [-0.1, -0.05) is 0 Å². The first-order chi connectivity index (χ1) is 6.42. The van der Waals surface area contributed by atoms with Crippen molar-refractivity contribution in [3.63, 3.8) is 0 Å². The van der Waals surface area contributed by atoms with E-state index >= 15 is 0 Å². The van der Waals surface area contributed by atoms with Crippen LogP contribution in [0.1, 0.15) is 10.5 Å². The van der Waals surface area contributed by atoms with Crippen LogP contribution in [-0.2, 0) is 0 Å². The second-order valence-electron chi connectivity index (χ2n) is 2.31. The fourth-order valence-corrected chi connectivity index (χ4v) is 0.740. The van der Waals surface area contributed by atoms with Crippen LogP contribution in [0.2, 0.25) is 0 Å². The first kappa shape index (κ1) is 10.3. The van der Waals surface area contributed by atoms with Crippen LogP contribution in [0, 0.1) is 0 Å². The number of anilines is 1. The zero-order valence-corrected chi connectivity index (χ0v) is 6.71. The molecule has 0 fully saturated rings. The molecule has 7 heteroatoms. The average molecular weight is 206 g/mol. The Morgan fingerprint density at radius 3 is 2.64 bits per heavy atom. The second kappa shape index (κ2) is 3.52. The van der Waals surface area contributed by atoms with Crippen molar-refractivity contribution in [2.75, 3.05) is 5.73 Å². The molecule has 0 radical (unpaired) electrons. The molecule has 4 nitrogen and oxygen atoms in total. The summed E-state index contributed by atoms with van der Waals surface area (Å²) in [7, 11) is 0. The van der Waals surface area contributed by atoms with E-state index in [1.165, 1.54) is 0 Å². The summed E-state index contributed by atoms with van der Waals surface area (Å²) in [6.07, 6.45) is -3.62. The molecule has 0 aromatic carbocycles. The van der Waals surface area contributed by atoms with Gasteiger partial charge in [0.2, 0.25) is 0 Å². The van der Waals surface area contributed by atoms with Gasteiger partial charge in [0, 0.05) is 6.07 Å². The molecule has 1 heterocycles. The van der Waals surface area contributed by atoms with Crippen molar-refractivity contribution in [1.82, 2.24) is 4.98 Å². The maximum atomic E-state index is 11.8. The number of carbonyl (C=O) groups excluding carboxylic acids is 1. The zero-order chi connectivity index (χ0) is 10.8. The largest absolute Gasteiger partial charge is 0.573 e. The molecule has 0 aliphatic heterocycles. The fraction of sp³-hybridized carbons (Fsp3) is 0.143. The molecule has 0 atom stereocenters. The van der Waals surface area contributed by atoms with Crippen LogP contribution in [-0.4, -0.2) is 17.6 Å². The van der Waals surface area contributed by atoms with E-state index in [1.54, 1.807) is 0 Å². The topological polar surface area (TPSA) is 65.2 Å². The minimum atomic E-state index is -4.84. The van der Waals surface area contributed by atoms with Crippen LogP contribution < -0.4 is 10.5 Å². The summed E-state index contributed by atoms with van der Waals surface area (Å²) in [5.74, 6) is -0.630. The molecule has 0 aliphatic carbocycles. The van der Waals surface area contributed by atoms with Crippen molar-refractivity contribution in [3.8, 4) is 5.75 Å². The van der Waals surface area contributed by atoms with Crippen molar-refractivity contribution in [1.29, 1.82) is 0 Å². The highest BCUT2D eigenvalue weighted by Crippen LogP contribution is 2.27. The minimum absolute atomic E-state index is 0.182. The van der Waals surface area contributed by atoms with E-state index in [0.29, 0.717) is 6.29 Å². The van der Waals surface area contributed by atoms with Gasteiger partial charge in [0.15, 0.2) is 12.0 Å². The molecule has 0 unspecified atom stereocenters. The molecule has 0 saturated heterocycles. The number of nitrogen functional groups attached to an aromatic ring is 1. The van der Waals surface area contributed by atoms with Crippen LogP contribution in [0.3, 0.4) is 0 Å². The summed E-state index contributed by atoms with van der Waals surface area (Å²) in [6, 6.07) is 0.815. The van der Waals surface area contributed by atoms with Crippen LogP contribution in [0.25, 0.3) is 0 Å². The van der Waals surface area contributed by atoms with Crippen molar-refractivity contribution in [2.45, 2.75) is 6.36 Å². The third kappa shape index (κ3) is 2.61. The lowest BCUT2D eigenvalue weighted by molar-refractivity contribution is -0.274. The first-order valence-electron chi connectivity index (χ1n) is 3.39. The maximum absolute atomic E-state index is 11.8. The van der Waals surface area contributed by atoms with Crippen LogP contribution in [0.4, 0.5) is 18.9 Å². The normalized spacial score (nSPS) is 11.1. The van der Waals surface area contributed by atoms with Crippen LogP contribution in [0.5, 0.6) is 5.75 Å². The van der Waals surface area contributed by atoms with Crippen molar-refractivity contribution < 1.29 is 22.7 Å². The lowest BCUT2D eigenvalue weighted by Gasteiger charge is -2.10. The van der Waals surface area contributed by atoms with Gasteiger partial charge in [-0.05, 0) is 0 Å². The van der Waals surface area contributed by atoms with Crippen LogP contribution >= 0.6 is 0 Å². The van der Waals surface area contributed by atoms with Crippen molar-refractivity contribution in [3.05, 3.63) is 18.0 Å². The number of hydrogen-bond acceptors (Lipinski definition) is 4. The molecule has 0 aliphatic rings. The van der Waals surface area contributed by atoms with E-state index in [2.05, 4.69) is 9.72 Å². The number of ether oxygens (including phenoxy) is 1. The predicted octanol–water partition coefficient (Wildman–Crippen LogP) is 1.37. The first-order valence-corrected chi connectivity index (χ1v) is 3.39. The molecular formula is C7H5F3N2O2. The average Bonchev–Trinajstić information content (AvgIpc) is 2.06. The number of aromatic nitrogens is 1. The molecule has 1 rings (SSSR count). The SMILES string of the molecule is Nc1cnc(C=O)cc1OC(F)(F)F. The van der Waals surface area contributed by atoms with Crippen LogP contribution in [0.15, 0.2) is 12.3 Å². The summed E-state index contributed by atoms with van der Waals surface area (Å²) in [5, 5.41) is 0. The number of aldehydes is 1. The Hall–Kier alpha value is -1.79. The highest BCUT2D eigenvalue weighted by molar-refractivity contribution is 5.74. The summed E-state index contributed by atoms with van der Waals surface area (Å²) in [5.41, 5.74) is 4.68. The number of pyridine rings is 1. The molecule has 0 bridgehead atoms. The lowest BCUT2D eigenvalue weighted by atomic mass is 10.3. The number of nitrogens with zero attached hydrogens (tertiary/aromatic N) is 1. The third-order valence-electron chi connectivity index (χ3n) is 1.26. The number of nitrogens with two attached hydrogens (primary N) is 1. The monoisotopic (exact) mass is 206 g/mol. The molecule has 0 spiro atoms. The Morgan fingerprint density at radius 2 is 2.14 bits per heavy atom. The predicted molar refractivity (Wildman–Crippen MR) is 40.7 cm³/mol. The summed E-state index contributed by atoms with van der Waals surface area (Å²) < 4.78 is 38.9. The number of carbonyl (C=O) groups is 1. The van der Waals surface area contributed by atoms with E-state index in [-0.39, 0.29) is 11.4 Å². The Bertz CT molecular complexity index is 351. The third-order valence-corrected chi connectivity index (χ3v) is 1.26. The van der Waals surface area contributed by atoms with Crippen molar-refractivity contribution in [2.24, 2.45) is 0 Å². The van der Waals surface area contributed by atoms with Gasteiger partial charge in [-0.15, -0.1) is 13.2 Å². The molecule has 0 saturated carbocycles. The standard InChI is InChI=1S/C7H5F3N2O2/c8-7(9,10)14-6-1-4(3-13)12-2-5(6)11/h1-3H,11H2.